The normalized spacial score (nSPS) is 20.0. The van der Waals surface area contributed by atoms with Gasteiger partial charge in [-0.2, -0.15) is 4.98 Å². The lowest BCUT2D eigenvalue weighted by Crippen LogP contribution is -2.37. The average molecular weight is 391 g/mol. The largest absolute Gasteiger partial charge is 0.350 e. The molecule has 4 heterocycles. The number of nitrogens with zero attached hydrogens (tertiary/aromatic N) is 5. The standard InChI is InChI=1S/C19H23F2N5O2/c1-2-16(27)25-8-4-13(5-9-25)17-23-18(28-24-17)14-3-7-22-15(11-14)26-10-6-19(20,21)12-26/h3,7,11,13H,2,4-6,8-10,12H2,1H3. The Morgan fingerprint density at radius 2 is 2.11 bits per heavy atom. The summed E-state index contributed by atoms with van der Waals surface area (Å²) in [4.78, 5) is 24.0. The van der Waals surface area contributed by atoms with Crippen molar-refractivity contribution >= 4 is 11.7 Å². The number of anilines is 1. The van der Waals surface area contributed by atoms with Crippen molar-refractivity contribution in [1.82, 2.24) is 20.0 Å². The second-order valence-electron chi connectivity index (χ2n) is 7.40. The fraction of sp³-hybridized carbons (Fsp3) is 0.579. The number of likely N-dealkylation sites (tertiary alicyclic amines) is 1. The Balaban J connectivity index is 1.45. The number of alkyl halides is 2. The van der Waals surface area contributed by atoms with E-state index in [1.807, 2.05) is 11.8 Å². The van der Waals surface area contributed by atoms with E-state index in [1.54, 1.807) is 23.2 Å². The zero-order chi connectivity index (χ0) is 19.7. The van der Waals surface area contributed by atoms with E-state index >= 15 is 0 Å². The van der Waals surface area contributed by atoms with Gasteiger partial charge in [0, 0.05) is 50.2 Å². The highest BCUT2D eigenvalue weighted by molar-refractivity contribution is 5.75. The van der Waals surface area contributed by atoms with Gasteiger partial charge in [0.2, 0.25) is 5.91 Å². The third-order valence-electron chi connectivity index (χ3n) is 5.44. The summed E-state index contributed by atoms with van der Waals surface area (Å²) in [5.74, 6) is -0.883. The van der Waals surface area contributed by atoms with Gasteiger partial charge >= 0.3 is 0 Å². The molecule has 2 aliphatic rings. The van der Waals surface area contributed by atoms with Gasteiger partial charge in [0.1, 0.15) is 5.82 Å². The Bertz CT molecular complexity index is 848. The van der Waals surface area contributed by atoms with Gasteiger partial charge in [0.25, 0.3) is 11.8 Å². The maximum atomic E-state index is 13.5. The number of pyridine rings is 1. The van der Waals surface area contributed by atoms with E-state index in [-0.39, 0.29) is 31.3 Å². The molecule has 28 heavy (non-hydrogen) atoms. The minimum atomic E-state index is -2.68. The van der Waals surface area contributed by atoms with Gasteiger partial charge in [0.05, 0.1) is 6.54 Å². The topological polar surface area (TPSA) is 75.4 Å². The van der Waals surface area contributed by atoms with Crippen LogP contribution in [-0.2, 0) is 4.79 Å². The highest BCUT2D eigenvalue weighted by Gasteiger charge is 2.38. The number of hydrogen-bond acceptors (Lipinski definition) is 6. The van der Waals surface area contributed by atoms with Gasteiger partial charge in [0.15, 0.2) is 5.82 Å². The van der Waals surface area contributed by atoms with Crippen LogP contribution in [-0.4, -0.2) is 58.0 Å². The summed E-state index contributed by atoms with van der Waals surface area (Å²) in [5, 5.41) is 4.11. The van der Waals surface area contributed by atoms with Crippen LogP contribution >= 0.6 is 0 Å². The van der Waals surface area contributed by atoms with Crippen LogP contribution in [0.1, 0.15) is 44.3 Å². The van der Waals surface area contributed by atoms with Crippen molar-refractivity contribution in [1.29, 1.82) is 0 Å². The van der Waals surface area contributed by atoms with Gasteiger partial charge in [-0.1, -0.05) is 12.1 Å². The van der Waals surface area contributed by atoms with Crippen LogP contribution in [0, 0.1) is 0 Å². The molecular weight excluding hydrogens is 368 g/mol. The minimum absolute atomic E-state index is 0.150. The summed E-state index contributed by atoms with van der Waals surface area (Å²) in [6.45, 7) is 3.21. The van der Waals surface area contributed by atoms with E-state index in [0.717, 1.165) is 12.8 Å². The SMILES string of the molecule is CCC(=O)N1CCC(c2noc(-c3ccnc(N4CCC(F)(F)C4)c3)n2)CC1. The van der Waals surface area contributed by atoms with Crippen LogP contribution in [0.3, 0.4) is 0 Å². The number of rotatable bonds is 4. The Kier molecular flexibility index (Phi) is 4.99. The predicted molar refractivity (Wildman–Crippen MR) is 98.2 cm³/mol. The Morgan fingerprint density at radius 3 is 2.79 bits per heavy atom. The number of hydrogen-bond donors (Lipinski definition) is 0. The van der Waals surface area contributed by atoms with E-state index in [9.17, 15) is 13.6 Å². The van der Waals surface area contributed by atoms with Crippen molar-refractivity contribution in [3.05, 3.63) is 24.2 Å². The average Bonchev–Trinajstić information content (AvgIpc) is 3.34. The van der Waals surface area contributed by atoms with E-state index in [4.69, 9.17) is 4.52 Å². The summed E-state index contributed by atoms with van der Waals surface area (Å²) < 4.78 is 32.4. The van der Waals surface area contributed by atoms with Crippen LogP contribution in [0.5, 0.6) is 0 Å². The molecule has 0 aromatic carbocycles. The number of carbonyl (C=O) groups is 1. The molecule has 2 aliphatic heterocycles. The van der Waals surface area contributed by atoms with Crippen molar-refractivity contribution in [3.8, 4) is 11.5 Å². The first-order chi connectivity index (χ1) is 13.4. The molecule has 9 heteroatoms. The Hall–Kier alpha value is -2.58. The Labute approximate surface area is 161 Å². The first kappa shape index (κ1) is 18.8. The van der Waals surface area contributed by atoms with Crippen molar-refractivity contribution in [2.75, 3.05) is 31.1 Å². The van der Waals surface area contributed by atoms with Crippen molar-refractivity contribution in [2.24, 2.45) is 0 Å². The maximum Gasteiger partial charge on any atom is 0.266 e. The molecule has 0 radical (unpaired) electrons. The summed E-state index contributed by atoms with van der Waals surface area (Å²) in [7, 11) is 0. The van der Waals surface area contributed by atoms with Crippen molar-refractivity contribution in [2.45, 2.75) is 44.4 Å². The molecule has 2 saturated heterocycles. The quantitative estimate of drug-likeness (QED) is 0.797. The van der Waals surface area contributed by atoms with E-state index < -0.39 is 5.92 Å². The van der Waals surface area contributed by atoms with Crippen molar-refractivity contribution in [3.63, 3.8) is 0 Å². The summed E-state index contributed by atoms with van der Waals surface area (Å²) in [6, 6.07) is 3.44. The molecule has 4 rings (SSSR count). The molecule has 2 aromatic heterocycles. The summed E-state index contributed by atoms with van der Waals surface area (Å²) in [6.07, 6.45) is 3.53. The van der Waals surface area contributed by atoms with E-state index in [1.165, 1.54) is 0 Å². The molecule has 1 amide bonds. The molecule has 0 atom stereocenters. The predicted octanol–water partition coefficient (Wildman–Crippen LogP) is 3.09. The van der Waals surface area contributed by atoms with Gasteiger partial charge in [-0.25, -0.2) is 13.8 Å². The molecule has 0 spiro atoms. The number of halogens is 2. The van der Waals surface area contributed by atoms with Crippen molar-refractivity contribution < 1.29 is 18.1 Å². The molecule has 0 bridgehead atoms. The molecular formula is C19H23F2N5O2. The number of amides is 1. The molecule has 150 valence electrons. The smallest absolute Gasteiger partial charge is 0.266 e. The fourth-order valence-corrected chi connectivity index (χ4v) is 3.78. The Morgan fingerprint density at radius 1 is 1.32 bits per heavy atom. The zero-order valence-corrected chi connectivity index (χ0v) is 15.8. The third-order valence-corrected chi connectivity index (χ3v) is 5.44. The van der Waals surface area contributed by atoms with Gasteiger partial charge in [-0.3, -0.25) is 4.79 Å². The lowest BCUT2D eigenvalue weighted by molar-refractivity contribution is -0.131. The van der Waals surface area contributed by atoms with Crippen LogP contribution in [0.25, 0.3) is 11.5 Å². The van der Waals surface area contributed by atoms with Gasteiger partial charge < -0.3 is 14.3 Å². The number of piperidine rings is 1. The molecule has 7 nitrogen and oxygen atoms in total. The van der Waals surface area contributed by atoms with Gasteiger partial charge in [-0.05, 0) is 25.0 Å². The zero-order valence-electron chi connectivity index (χ0n) is 15.8. The summed E-state index contributed by atoms with van der Waals surface area (Å²) in [5.41, 5.74) is 0.664. The van der Waals surface area contributed by atoms with Crippen LogP contribution in [0.15, 0.2) is 22.9 Å². The maximum absolute atomic E-state index is 13.5. The second kappa shape index (κ2) is 7.44. The molecule has 2 fully saturated rings. The molecule has 0 saturated carbocycles. The monoisotopic (exact) mass is 391 g/mol. The molecule has 0 N–H and O–H groups in total. The summed E-state index contributed by atoms with van der Waals surface area (Å²) >= 11 is 0. The van der Waals surface area contributed by atoms with Crippen LogP contribution in [0.2, 0.25) is 0 Å². The van der Waals surface area contributed by atoms with E-state index in [2.05, 4.69) is 15.1 Å². The fourth-order valence-electron chi connectivity index (χ4n) is 3.78. The van der Waals surface area contributed by atoms with Crippen LogP contribution in [0.4, 0.5) is 14.6 Å². The van der Waals surface area contributed by atoms with E-state index in [0.29, 0.717) is 42.6 Å². The lowest BCUT2D eigenvalue weighted by atomic mass is 9.96. The first-order valence-corrected chi connectivity index (χ1v) is 9.66. The third kappa shape index (κ3) is 3.83. The van der Waals surface area contributed by atoms with Crippen LogP contribution < -0.4 is 4.90 Å². The second-order valence-corrected chi connectivity index (χ2v) is 7.40. The van der Waals surface area contributed by atoms with Gasteiger partial charge in [-0.15, -0.1) is 0 Å². The number of aromatic nitrogens is 3. The number of carbonyl (C=O) groups excluding carboxylic acids is 1. The highest BCUT2D eigenvalue weighted by Crippen LogP contribution is 2.32. The minimum Gasteiger partial charge on any atom is -0.350 e. The molecule has 0 unspecified atom stereocenters. The molecule has 2 aromatic rings. The molecule has 0 aliphatic carbocycles. The highest BCUT2D eigenvalue weighted by atomic mass is 19.3. The lowest BCUT2D eigenvalue weighted by Gasteiger charge is -2.30. The first-order valence-electron chi connectivity index (χ1n) is 9.66.